The Balaban J connectivity index is 1.85. The van der Waals surface area contributed by atoms with Crippen molar-refractivity contribution in [1.82, 2.24) is 10.2 Å². The van der Waals surface area contributed by atoms with Gasteiger partial charge in [0, 0.05) is 37.8 Å². The highest BCUT2D eigenvalue weighted by molar-refractivity contribution is 6.30. The van der Waals surface area contributed by atoms with Crippen LogP contribution < -0.4 is 10.2 Å². The summed E-state index contributed by atoms with van der Waals surface area (Å²) in [5.74, 6) is -0.342. The molecule has 0 saturated carbocycles. The number of nitrogens with one attached hydrogen (secondary N) is 1. The van der Waals surface area contributed by atoms with Gasteiger partial charge in [0.15, 0.2) is 0 Å². The molecule has 0 unspecified atom stereocenters. The fourth-order valence-electron chi connectivity index (χ4n) is 2.42. The first-order valence-corrected chi connectivity index (χ1v) is 7.47. The van der Waals surface area contributed by atoms with E-state index in [9.17, 15) is 9.18 Å². The van der Waals surface area contributed by atoms with Crippen LogP contribution in [0, 0.1) is 5.82 Å². The average molecular weight is 314 g/mol. The monoisotopic (exact) mass is 313 g/mol. The number of nitrogens with zero attached hydrogens (tertiary/aromatic N) is 2. The summed E-state index contributed by atoms with van der Waals surface area (Å²) in [6.45, 7) is 2.25. The van der Waals surface area contributed by atoms with Gasteiger partial charge in [-0.05, 0) is 38.7 Å². The number of hydrogen-bond acceptors (Lipinski definition) is 3. The first kappa shape index (κ1) is 16.0. The molecule has 4 nitrogen and oxygen atoms in total. The maximum atomic E-state index is 13.5. The first-order chi connectivity index (χ1) is 9.95. The summed E-state index contributed by atoms with van der Waals surface area (Å²) in [7, 11) is 3.89. The van der Waals surface area contributed by atoms with Crippen molar-refractivity contribution in [3.63, 3.8) is 0 Å². The lowest BCUT2D eigenvalue weighted by Gasteiger charge is -2.19. The Labute approximate surface area is 129 Å². The SMILES string of the molecule is CN(C)CCC(=O)N[C@@H]1CCN(c2ccc(Cl)c(F)c2)C1. The summed E-state index contributed by atoms with van der Waals surface area (Å²) < 4.78 is 13.5. The third kappa shape index (κ3) is 4.58. The predicted octanol–water partition coefficient (Wildman–Crippen LogP) is 2.13. The molecule has 1 heterocycles. The van der Waals surface area contributed by atoms with Crippen LogP contribution in [0.2, 0.25) is 5.02 Å². The number of amides is 1. The van der Waals surface area contributed by atoms with Gasteiger partial charge < -0.3 is 15.1 Å². The van der Waals surface area contributed by atoms with Crippen molar-refractivity contribution < 1.29 is 9.18 Å². The Hall–Kier alpha value is -1.33. The second-order valence-corrected chi connectivity index (χ2v) is 6.06. The fraction of sp³-hybridized carbons (Fsp3) is 0.533. The average Bonchev–Trinajstić information content (AvgIpc) is 2.88. The van der Waals surface area contributed by atoms with E-state index < -0.39 is 5.82 Å². The zero-order valence-electron chi connectivity index (χ0n) is 12.4. The number of carbonyl (C=O) groups is 1. The molecule has 1 saturated heterocycles. The first-order valence-electron chi connectivity index (χ1n) is 7.10. The van der Waals surface area contributed by atoms with Gasteiger partial charge in [-0.15, -0.1) is 0 Å². The maximum absolute atomic E-state index is 13.5. The number of anilines is 1. The predicted molar refractivity (Wildman–Crippen MR) is 83.3 cm³/mol. The molecule has 1 atom stereocenters. The fourth-order valence-corrected chi connectivity index (χ4v) is 2.54. The Morgan fingerprint density at radius 1 is 1.52 bits per heavy atom. The Kier molecular flexibility index (Phi) is 5.42. The Morgan fingerprint density at radius 2 is 2.29 bits per heavy atom. The van der Waals surface area contributed by atoms with Crippen LogP contribution in [0.15, 0.2) is 18.2 Å². The minimum atomic E-state index is -0.410. The molecule has 2 rings (SSSR count). The summed E-state index contributed by atoms with van der Waals surface area (Å²) in [4.78, 5) is 15.9. The van der Waals surface area contributed by atoms with Gasteiger partial charge in [-0.3, -0.25) is 4.79 Å². The van der Waals surface area contributed by atoms with E-state index in [1.165, 1.54) is 6.07 Å². The smallest absolute Gasteiger partial charge is 0.221 e. The van der Waals surface area contributed by atoms with Crippen molar-refractivity contribution in [2.75, 3.05) is 38.6 Å². The van der Waals surface area contributed by atoms with Crippen LogP contribution in [-0.2, 0) is 4.79 Å². The molecule has 116 valence electrons. The lowest BCUT2D eigenvalue weighted by molar-refractivity contribution is -0.121. The molecule has 1 aliphatic rings. The van der Waals surface area contributed by atoms with E-state index >= 15 is 0 Å². The van der Waals surface area contributed by atoms with E-state index in [-0.39, 0.29) is 17.0 Å². The summed E-state index contributed by atoms with van der Waals surface area (Å²) in [5, 5.41) is 3.16. The molecule has 0 bridgehead atoms. The second-order valence-electron chi connectivity index (χ2n) is 5.65. The highest BCUT2D eigenvalue weighted by atomic mass is 35.5. The summed E-state index contributed by atoms with van der Waals surface area (Å²) >= 11 is 5.69. The Morgan fingerprint density at radius 3 is 2.95 bits per heavy atom. The van der Waals surface area contributed by atoms with Gasteiger partial charge in [0.05, 0.1) is 5.02 Å². The van der Waals surface area contributed by atoms with Gasteiger partial charge in [0.2, 0.25) is 5.91 Å². The highest BCUT2D eigenvalue weighted by Gasteiger charge is 2.24. The van der Waals surface area contributed by atoms with E-state index in [2.05, 4.69) is 10.2 Å². The zero-order chi connectivity index (χ0) is 15.4. The van der Waals surface area contributed by atoms with Crippen LogP contribution in [-0.4, -0.2) is 50.6 Å². The molecule has 6 heteroatoms. The minimum absolute atomic E-state index is 0.0674. The lowest BCUT2D eigenvalue weighted by atomic mass is 10.2. The number of carbonyl (C=O) groups excluding carboxylic acids is 1. The molecule has 1 aromatic rings. The molecule has 1 aromatic carbocycles. The normalized spacial score (nSPS) is 18.3. The second kappa shape index (κ2) is 7.09. The van der Waals surface area contributed by atoms with Crippen LogP contribution in [0.3, 0.4) is 0 Å². The number of hydrogen-bond donors (Lipinski definition) is 1. The summed E-state index contributed by atoms with van der Waals surface area (Å²) in [5.41, 5.74) is 0.807. The van der Waals surface area contributed by atoms with Crippen LogP contribution in [0.25, 0.3) is 0 Å². The third-order valence-corrected chi connectivity index (χ3v) is 3.91. The van der Waals surface area contributed by atoms with Gasteiger partial charge in [-0.2, -0.15) is 0 Å². The van der Waals surface area contributed by atoms with Crippen LogP contribution in [0.4, 0.5) is 10.1 Å². The Bertz CT molecular complexity index is 510. The zero-order valence-corrected chi connectivity index (χ0v) is 13.2. The minimum Gasteiger partial charge on any atom is -0.369 e. The molecule has 0 aromatic heterocycles. The van der Waals surface area contributed by atoms with Crippen molar-refractivity contribution in [1.29, 1.82) is 0 Å². The van der Waals surface area contributed by atoms with Gasteiger partial charge >= 0.3 is 0 Å². The molecular weight excluding hydrogens is 293 g/mol. The molecule has 0 aliphatic carbocycles. The summed E-state index contributed by atoms with van der Waals surface area (Å²) in [6.07, 6.45) is 1.37. The molecule has 1 N–H and O–H groups in total. The quantitative estimate of drug-likeness (QED) is 0.904. The van der Waals surface area contributed by atoms with Gasteiger partial charge in [-0.1, -0.05) is 11.6 Å². The van der Waals surface area contributed by atoms with Crippen molar-refractivity contribution in [2.45, 2.75) is 18.9 Å². The van der Waals surface area contributed by atoms with E-state index in [0.29, 0.717) is 13.0 Å². The van der Waals surface area contributed by atoms with Gasteiger partial charge in [0.25, 0.3) is 0 Å². The topological polar surface area (TPSA) is 35.6 Å². The van der Waals surface area contributed by atoms with Gasteiger partial charge in [0.1, 0.15) is 5.82 Å². The van der Waals surface area contributed by atoms with Crippen molar-refractivity contribution in [2.24, 2.45) is 0 Å². The number of rotatable bonds is 5. The molecule has 21 heavy (non-hydrogen) atoms. The molecule has 1 fully saturated rings. The van der Waals surface area contributed by atoms with E-state index in [4.69, 9.17) is 11.6 Å². The van der Waals surface area contributed by atoms with Crippen molar-refractivity contribution in [3.05, 3.63) is 29.0 Å². The van der Waals surface area contributed by atoms with E-state index in [1.807, 2.05) is 25.1 Å². The molecule has 1 amide bonds. The third-order valence-electron chi connectivity index (χ3n) is 3.61. The van der Waals surface area contributed by atoms with Crippen molar-refractivity contribution in [3.8, 4) is 0 Å². The number of halogens is 2. The molecule has 1 aliphatic heterocycles. The maximum Gasteiger partial charge on any atom is 0.221 e. The van der Waals surface area contributed by atoms with E-state index in [0.717, 1.165) is 25.2 Å². The lowest BCUT2D eigenvalue weighted by Crippen LogP contribution is -2.38. The number of benzene rings is 1. The standard InChI is InChI=1S/C15H21ClFN3O/c1-19(2)7-6-15(21)18-11-5-8-20(10-11)12-3-4-13(16)14(17)9-12/h3-4,9,11H,5-8,10H2,1-2H3,(H,18,21)/t11-/m1/s1. The van der Waals surface area contributed by atoms with E-state index in [1.54, 1.807) is 6.07 Å². The largest absolute Gasteiger partial charge is 0.369 e. The molecule has 0 radical (unpaired) electrons. The molecular formula is C15H21ClFN3O. The van der Waals surface area contributed by atoms with Crippen LogP contribution in [0.1, 0.15) is 12.8 Å². The van der Waals surface area contributed by atoms with Crippen LogP contribution >= 0.6 is 11.6 Å². The highest BCUT2D eigenvalue weighted by Crippen LogP contribution is 2.25. The van der Waals surface area contributed by atoms with Crippen molar-refractivity contribution >= 4 is 23.2 Å². The van der Waals surface area contributed by atoms with Crippen LogP contribution in [0.5, 0.6) is 0 Å². The summed E-state index contributed by atoms with van der Waals surface area (Å²) in [6, 6.07) is 4.94. The molecule has 0 spiro atoms. The van der Waals surface area contributed by atoms with Gasteiger partial charge in [-0.25, -0.2) is 4.39 Å².